The van der Waals surface area contributed by atoms with Crippen molar-refractivity contribution in [2.45, 2.75) is 70.3 Å². The van der Waals surface area contributed by atoms with E-state index < -0.39 is 5.60 Å². The first-order valence-electron chi connectivity index (χ1n) is 9.48. The third kappa shape index (κ3) is 1.96. The van der Waals surface area contributed by atoms with Crippen LogP contribution in [-0.2, 0) is 4.79 Å². The largest absolute Gasteiger partial charge is 0.377 e. The molecule has 4 aliphatic rings. The molecule has 0 aromatic rings. The van der Waals surface area contributed by atoms with Crippen LogP contribution < -0.4 is 0 Å². The molecule has 1 N–H and O–H groups in total. The van der Waals surface area contributed by atoms with Gasteiger partial charge in [0.05, 0.1) is 0 Å². The van der Waals surface area contributed by atoms with Gasteiger partial charge in [0.1, 0.15) is 5.60 Å². The highest BCUT2D eigenvalue weighted by molar-refractivity contribution is 5.91. The molecule has 23 heavy (non-hydrogen) atoms. The molecule has 0 bridgehead atoms. The second-order valence-corrected chi connectivity index (χ2v) is 8.40. The number of rotatable bonds is 1. The van der Waals surface area contributed by atoms with Crippen molar-refractivity contribution in [2.75, 3.05) is 0 Å². The zero-order chi connectivity index (χ0) is 16.2. The minimum absolute atomic E-state index is 0.0609. The third-order valence-electron chi connectivity index (χ3n) is 8.02. The maximum absolute atomic E-state index is 11.8. The lowest BCUT2D eigenvalue weighted by Crippen LogP contribution is -2.53. The number of hydrogen-bond donors (Lipinski definition) is 1. The molecule has 0 heterocycles. The number of aliphatic hydroxyl groups is 1. The lowest BCUT2D eigenvalue weighted by molar-refractivity contribution is -0.117. The highest BCUT2D eigenvalue weighted by Gasteiger charge is 2.63. The topological polar surface area (TPSA) is 37.3 Å². The lowest BCUT2D eigenvalue weighted by Gasteiger charge is -2.55. The van der Waals surface area contributed by atoms with Crippen LogP contribution in [0.15, 0.2) is 11.6 Å². The van der Waals surface area contributed by atoms with Gasteiger partial charge in [0.15, 0.2) is 5.78 Å². The van der Waals surface area contributed by atoms with Crippen LogP contribution in [0.3, 0.4) is 0 Å². The van der Waals surface area contributed by atoms with E-state index in [0.717, 1.165) is 44.9 Å². The first kappa shape index (κ1) is 15.5. The third-order valence-corrected chi connectivity index (χ3v) is 8.02. The molecule has 2 heteroatoms. The average Bonchev–Trinajstić information content (AvgIpc) is 2.88. The van der Waals surface area contributed by atoms with Crippen LogP contribution in [0.1, 0.15) is 64.7 Å². The predicted molar refractivity (Wildman–Crippen MR) is 90.5 cm³/mol. The van der Waals surface area contributed by atoms with Crippen molar-refractivity contribution >= 4 is 5.78 Å². The van der Waals surface area contributed by atoms with E-state index in [1.807, 2.05) is 6.08 Å². The normalized spacial score (nSPS) is 48.7. The SMILES string of the molecule is C#C[C@@]1(O)CC[C@H]2[C@@H]3CCC4=CC(=O)CC[C@@H]4[C@H]3CCC21CC. The predicted octanol–water partition coefficient (Wildman–Crippen LogP) is 3.88. The summed E-state index contributed by atoms with van der Waals surface area (Å²) in [4.78, 5) is 11.8. The Hall–Kier alpha value is -1.07. The number of allylic oxidation sites excluding steroid dienone is 1. The van der Waals surface area contributed by atoms with E-state index in [1.165, 1.54) is 18.4 Å². The van der Waals surface area contributed by atoms with Gasteiger partial charge >= 0.3 is 0 Å². The number of hydrogen-bond acceptors (Lipinski definition) is 2. The second kappa shape index (κ2) is 5.21. The quantitative estimate of drug-likeness (QED) is 0.746. The number of terminal acetylenes is 1. The molecule has 0 aromatic heterocycles. The Morgan fingerprint density at radius 3 is 2.78 bits per heavy atom. The summed E-state index contributed by atoms with van der Waals surface area (Å²) in [5.74, 6) is 5.73. The fourth-order valence-electron chi connectivity index (χ4n) is 6.96. The van der Waals surface area contributed by atoms with Gasteiger partial charge in [0, 0.05) is 11.8 Å². The van der Waals surface area contributed by atoms with Gasteiger partial charge in [-0.2, -0.15) is 0 Å². The maximum atomic E-state index is 11.8. The molecule has 6 atom stereocenters. The summed E-state index contributed by atoms with van der Waals surface area (Å²) in [5.41, 5.74) is 0.474. The summed E-state index contributed by atoms with van der Waals surface area (Å²) in [6, 6.07) is 0. The van der Waals surface area contributed by atoms with Gasteiger partial charge in [0.2, 0.25) is 0 Å². The summed E-state index contributed by atoms with van der Waals surface area (Å²) < 4.78 is 0. The Labute approximate surface area is 139 Å². The van der Waals surface area contributed by atoms with Crippen LogP contribution in [0.4, 0.5) is 0 Å². The minimum atomic E-state index is -0.893. The Kier molecular flexibility index (Phi) is 3.50. The van der Waals surface area contributed by atoms with E-state index in [9.17, 15) is 9.90 Å². The number of ketones is 1. The summed E-state index contributed by atoms with van der Waals surface area (Å²) in [6.45, 7) is 2.22. The van der Waals surface area contributed by atoms with Crippen molar-refractivity contribution < 1.29 is 9.90 Å². The van der Waals surface area contributed by atoms with Gasteiger partial charge in [-0.05, 0) is 81.1 Å². The van der Waals surface area contributed by atoms with Gasteiger partial charge < -0.3 is 5.11 Å². The smallest absolute Gasteiger partial charge is 0.155 e. The highest BCUT2D eigenvalue weighted by Crippen LogP contribution is 2.66. The van der Waals surface area contributed by atoms with E-state index >= 15 is 0 Å². The molecule has 4 rings (SSSR count). The van der Waals surface area contributed by atoms with Crippen LogP contribution in [-0.4, -0.2) is 16.5 Å². The second-order valence-electron chi connectivity index (χ2n) is 8.40. The molecule has 2 nitrogen and oxygen atoms in total. The molecule has 0 spiro atoms. The Morgan fingerprint density at radius 2 is 2.04 bits per heavy atom. The average molecular weight is 312 g/mol. The van der Waals surface area contributed by atoms with E-state index in [1.54, 1.807) is 0 Å². The fraction of sp³-hybridized carbons (Fsp3) is 0.762. The first-order chi connectivity index (χ1) is 11.0. The van der Waals surface area contributed by atoms with Gasteiger partial charge in [-0.1, -0.05) is 18.4 Å². The van der Waals surface area contributed by atoms with Crippen molar-refractivity contribution in [3.05, 3.63) is 11.6 Å². The van der Waals surface area contributed by atoms with Gasteiger partial charge in [0.25, 0.3) is 0 Å². The van der Waals surface area contributed by atoms with Crippen molar-refractivity contribution in [3.8, 4) is 12.3 Å². The number of carbonyl (C=O) groups is 1. The molecule has 4 aliphatic carbocycles. The van der Waals surface area contributed by atoms with Crippen molar-refractivity contribution in [3.63, 3.8) is 0 Å². The molecule has 0 saturated heterocycles. The van der Waals surface area contributed by atoms with Crippen LogP contribution in [0.5, 0.6) is 0 Å². The molecule has 124 valence electrons. The van der Waals surface area contributed by atoms with Crippen molar-refractivity contribution in [1.82, 2.24) is 0 Å². The van der Waals surface area contributed by atoms with Gasteiger partial charge in [-0.15, -0.1) is 6.42 Å². The summed E-state index contributed by atoms with van der Waals surface area (Å²) in [7, 11) is 0. The lowest BCUT2D eigenvalue weighted by atomic mass is 9.49. The van der Waals surface area contributed by atoms with Crippen LogP contribution in [0.25, 0.3) is 0 Å². The molecular formula is C21H28O2. The van der Waals surface area contributed by atoms with E-state index in [4.69, 9.17) is 6.42 Å². The van der Waals surface area contributed by atoms with E-state index in [0.29, 0.717) is 29.5 Å². The summed E-state index contributed by atoms with van der Waals surface area (Å²) in [6.07, 6.45) is 16.9. The minimum Gasteiger partial charge on any atom is -0.377 e. The summed E-state index contributed by atoms with van der Waals surface area (Å²) >= 11 is 0. The molecule has 3 saturated carbocycles. The molecule has 0 aromatic carbocycles. The summed E-state index contributed by atoms with van der Waals surface area (Å²) in [5, 5.41) is 11.1. The van der Waals surface area contributed by atoms with Crippen molar-refractivity contribution in [1.29, 1.82) is 0 Å². The number of carbonyl (C=O) groups excluding carboxylic acids is 1. The molecule has 1 unspecified atom stereocenters. The van der Waals surface area contributed by atoms with Gasteiger partial charge in [-0.25, -0.2) is 0 Å². The molecular weight excluding hydrogens is 284 g/mol. The standard InChI is InChI=1S/C21H28O2/c1-3-20-11-9-17-16-8-6-15(22)13-14(16)5-7-18(17)19(20)10-12-21(20,23)4-2/h2,13,16-19,23H,3,5-12H2,1H3/t16-,17+,18+,19-,20?,21+/m0/s1. The zero-order valence-corrected chi connectivity index (χ0v) is 14.2. The first-order valence-corrected chi connectivity index (χ1v) is 9.48. The van der Waals surface area contributed by atoms with Crippen LogP contribution in [0, 0.1) is 41.4 Å². The Bertz CT molecular complexity index is 597. The van der Waals surface area contributed by atoms with E-state index in [-0.39, 0.29) is 5.41 Å². The molecule has 0 radical (unpaired) electrons. The monoisotopic (exact) mass is 312 g/mol. The molecule has 0 amide bonds. The number of fused-ring (bicyclic) bond motifs is 5. The molecule has 3 fully saturated rings. The van der Waals surface area contributed by atoms with Crippen LogP contribution in [0.2, 0.25) is 0 Å². The van der Waals surface area contributed by atoms with E-state index in [2.05, 4.69) is 12.8 Å². The zero-order valence-electron chi connectivity index (χ0n) is 14.2. The van der Waals surface area contributed by atoms with Crippen molar-refractivity contribution in [2.24, 2.45) is 29.1 Å². The maximum Gasteiger partial charge on any atom is 0.155 e. The Morgan fingerprint density at radius 1 is 1.22 bits per heavy atom. The highest BCUT2D eigenvalue weighted by atomic mass is 16.3. The van der Waals surface area contributed by atoms with Crippen LogP contribution >= 0.6 is 0 Å². The molecule has 0 aliphatic heterocycles. The van der Waals surface area contributed by atoms with Gasteiger partial charge in [-0.3, -0.25) is 4.79 Å². The Balaban J connectivity index is 1.67. The fourth-order valence-corrected chi connectivity index (χ4v) is 6.96.